The molecule has 1 unspecified atom stereocenters. The minimum absolute atomic E-state index is 0.108. The summed E-state index contributed by atoms with van der Waals surface area (Å²) in [6.45, 7) is 11.3. The first kappa shape index (κ1) is 23.3. The van der Waals surface area contributed by atoms with Crippen molar-refractivity contribution in [1.29, 1.82) is 0 Å². The molecule has 2 saturated carbocycles. The van der Waals surface area contributed by atoms with Crippen molar-refractivity contribution in [2.45, 2.75) is 104 Å². The van der Waals surface area contributed by atoms with Crippen LogP contribution in [-0.2, 0) is 9.53 Å². The standard InChI is InChI=1S/C26H42O5/c1-14(2)7-6-8-15(3)16-9-10-17-22-18(11-12-25(16,17)4)26(5)19(24(30)31-22)13-20(27)21(28)23(26)29/h14-17,19-21,23,27-29H,6-13H2,1-5H3/t15-,16-,17+,19?,20+,21+,23+,25-,26-/m1/s1. The molecule has 2 fully saturated rings. The van der Waals surface area contributed by atoms with E-state index in [1.807, 2.05) is 6.92 Å². The van der Waals surface area contributed by atoms with E-state index in [1.165, 1.54) is 19.3 Å². The molecule has 0 amide bonds. The van der Waals surface area contributed by atoms with Gasteiger partial charge in [0.1, 0.15) is 11.9 Å². The van der Waals surface area contributed by atoms with Crippen LogP contribution < -0.4 is 0 Å². The highest BCUT2D eigenvalue weighted by atomic mass is 16.5. The Bertz CT molecular complexity index is 744. The SMILES string of the molecule is CC(C)CCC[C@@H](C)[C@H]1CC[C@H]2C3=C(CC[C@]12C)[C@]1(C)C(C[C@H](O)[C@H](O)[C@@H]1O)C(=O)O3. The summed E-state index contributed by atoms with van der Waals surface area (Å²) in [5.74, 6) is 2.05. The largest absolute Gasteiger partial charge is 0.431 e. The summed E-state index contributed by atoms with van der Waals surface area (Å²) >= 11 is 0. The van der Waals surface area contributed by atoms with Crippen LogP contribution in [0, 0.1) is 40.4 Å². The van der Waals surface area contributed by atoms with Gasteiger partial charge in [-0.15, -0.1) is 0 Å². The lowest BCUT2D eigenvalue weighted by molar-refractivity contribution is -0.189. The van der Waals surface area contributed by atoms with E-state index >= 15 is 0 Å². The first-order valence-electron chi connectivity index (χ1n) is 12.5. The third-order valence-electron chi connectivity index (χ3n) is 9.74. The van der Waals surface area contributed by atoms with Crippen molar-refractivity contribution in [2.24, 2.45) is 40.4 Å². The average Bonchev–Trinajstić information content (AvgIpc) is 3.06. The molecule has 1 heterocycles. The molecule has 4 rings (SSSR count). The molecule has 0 aromatic rings. The zero-order chi connectivity index (χ0) is 22.7. The molecule has 5 heteroatoms. The van der Waals surface area contributed by atoms with Gasteiger partial charge in [-0.05, 0) is 60.8 Å². The van der Waals surface area contributed by atoms with E-state index in [0.29, 0.717) is 11.8 Å². The van der Waals surface area contributed by atoms with Crippen molar-refractivity contribution in [2.75, 3.05) is 0 Å². The summed E-state index contributed by atoms with van der Waals surface area (Å²) in [5.41, 5.74) is 0.272. The van der Waals surface area contributed by atoms with Crippen LogP contribution >= 0.6 is 0 Å². The van der Waals surface area contributed by atoms with Gasteiger partial charge in [-0.25, -0.2) is 0 Å². The zero-order valence-corrected chi connectivity index (χ0v) is 19.9. The lowest BCUT2D eigenvalue weighted by Gasteiger charge is -2.55. The second-order valence-electron chi connectivity index (χ2n) is 11.9. The number of hydrogen-bond donors (Lipinski definition) is 3. The Morgan fingerprint density at radius 3 is 2.45 bits per heavy atom. The summed E-state index contributed by atoms with van der Waals surface area (Å²) in [4.78, 5) is 13.0. The number of rotatable bonds is 5. The predicted molar refractivity (Wildman–Crippen MR) is 119 cm³/mol. The first-order chi connectivity index (χ1) is 14.5. The summed E-state index contributed by atoms with van der Waals surface area (Å²) < 4.78 is 6.01. The van der Waals surface area contributed by atoms with Crippen molar-refractivity contribution in [3.8, 4) is 0 Å². The van der Waals surface area contributed by atoms with Crippen LogP contribution in [0.2, 0.25) is 0 Å². The molecule has 0 aromatic heterocycles. The Labute approximate surface area is 187 Å². The quantitative estimate of drug-likeness (QED) is 0.565. The van der Waals surface area contributed by atoms with Gasteiger partial charge < -0.3 is 20.1 Å². The fraction of sp³-hybridized carbons (Fsp3) is 0.885. The number of carbonyl (C=O) groups is 1. The zero-order valence-electron chi connectivity index (χ0n) is 19.9. The number of allylic oxidation sites excluding steroid dienone is 1. The van der Waals surface area contributed by atoms with Gasteiger partial charge in [-0.1, -0.05) is 53.9 Å². The maximum absolute atomic E-state index is 13.0. The first-order valence-corrected chi connectivity index (χ1v) is 12.5. The summed E-state index contributed by atoms with van der Waals surface area (Å²) in [6.07, 6.45) is 4.44. The van der Waals surface area contributed by atoms with E-state index in [1.54, 1.807) is 0 Å². The normalized spacial score (nSPS) is 45.8. The van der Waals surface area contributed by atoms with Crippen LogP contribution in [0.3, 0.4) is 0 Å². The smallest absolute Gasteiger partial charge is 0.315 e. The topological polar surface area (TPSA) is 87.0 Å². The minimum Gasteiger partial charge on any atom is -0.431 e. The third kappa shape index (κ3) is 3.50. The molecule has 0 aromatic carbocycles. The maximum atomic E-state index is 13.0. The van der Waals surface area contributed by atoms with Crippen LogP contribution in [0.15, 0.2) is 11.3 Å². The van der Waals surface area contributed by atoms with Crippen molar-refractivity contribution in [3.05, 3.63) is 11.3 Å². The van der Waals surface area contributed by atoms with Gasteiger partial charge in [0.25, 0.3) is 0 Å². The molecule has 3 aliphatic carbocycles. The third-order valence-corrected chi connectivity index (χ3v) is 9.74. The molecule has 0 radical (unpaired) electrons. The number of ether oxygens (including phenoxy) is 1. The molecule has 3 N–H and O–H groups in total. The van der Waals surface area contributed by atoms with Crippen LogP contribution in [0.4, 0.5) is 0 Å². The summed E-state index contributed by atoms with van der Waals surface area (Å²) in [7, 11) is 0. The Morgan fingerprint density at radius 1 is 1.06 bits per heavy atom. The number of esters is 1. The molecule has 31 heavy (non-hydrogen) atoms. The van der Waals surface area contributed by atoms with Crippen molar-refractivity contribution in [1.82, 2.24) is 0 Å². The van der Waals surface area contributed by atoms with Gasteiger partial charge in [0.15, 0.2) is 0 Å². The Morgan fingerprint density at radius 2 is 1.77 bits per heavy atom. The summed E-state index contributed by atoms with van der Waals surface area (Å²) in [5, 5.41) is 31.6. The van der Waals surface area contributed by atoms with E-state index < -0.39 is 29.6 Å². The van der Waals surface area contributed by atoms with Crippen molar-refractivity contribution < 1.29 is 24.9 Å². The average molecular weight is 435 g/mol. The van der Waals surface area contributed by atoms with Gasteiger partial charge in [0.05, 0.1) is 18.1 Å². The van der Waals surface area contributed by atoms with E-state index in [9.17, 15) is 20.1 Å². The second kappa shape index (κ2) is 8.14. The Balaban J connectivity index is 1.62. The van der Waals surface area contributed by atoms with Gasteiger partial charge in [-0.2, -0.15) is 0 Å². The molecule has 0 bridgehead atoms. The fourth-order valence-electron chi connectivity index (χ4n) is 7.74. The molecular formula is C26H42O5. The van der Waals surface area contributed by atoms with Gasteiger partial charge in [-0.3, -0.25) is 4.79 Å². The molecule has 4 aliphatic rings. The van der Waals surface area contributed by atoms with Crippen LogP contribution in [0.5, 0.6) is 0 Å². The van der Waals surface area contributed by atoms with Gasteiger partial charge in [0.2, 0.25) is 0 Å². The van der Waals surface area contributed by atoms with Crippen LogP contribution in [0.25, 0.3) is 0 Å². The van der Waals surface area contributed by atoms with Crippen molar-refractivity contribution in [3.63, 3.8) is 0 Å². The highest BCUT2D eigenvalue weighted by molar-refractivity contribution is 5.78. The Kier molecular flexibility index (Phi) is 6.11. The van der Waals surface area contributed by atoms with E-state index in [0.717, 1.165) is 42.9 Å². The molecule has 9 atom stereocenters. The van der Waals surface area contributed by atoms with Crippen LogP contribution in [-0.4, -0.2) is 39.6 Å². The van der Waals surface area contributed by atoms with E-state index in [2.05, 4.69) is 27.7 Å². The van der Waals surface area contributed by atoms with Crippen molar-refractivity contribution >= 4 is 5.97 Å². The summed E-state index contributed by atoms with van der Waals surface area (Å²) in [6, 6.07) is 0. The molecular weight excluding hydrogens is 392 g/mol. The van der Waals surface area contributed by atoms with Crippen LogP contribution in [0.1, 0.15) is 86.0 Å². The number of carbonyl (C=O) groups excluding carboxylic acids is 1. The molecule has 0 spiro atoms. The van der Waals surface area contributed by atoms with Gasteiger partial charge in [0, 0.05) is 11.3 Å². The number of fused-ring (bicyclic) bond motifs is 4. The lowest BCUT2D eigenvalue weighted by Crippen LogP contribution is -2.61. The number of hydrogen-bond acceptors (Lipinski definition) is 5. The molecule has 0 saturated heterocycles. The predicted octanol–water partition coefficient (Wildman–Crippen LogP) is 4.19. The maximum Gasteiger partial charge on any atom is 0.315 e. The fourth-order valence-corrected chi connectivity index (χ4v) is 7.74. The highest BCUT2D eigenvalue weighted by Gasteiger charge is 2.63. The van der Waals surface area contributed by atoms with E-state index in [4.69, 9.17) is 4.74 Å². The number of aliphatic hydroxyl groups is 3. The Hall–Kier alpha value is -0.910. The number of aliphatic hydroxyl groups excluding tert-OH is 3. The highest BCUT2D eigenvalue weighted by Crippen LogP contribution is 2.64. The molecule has 1 aliphatic heterocycles. The molecule has 5 nitrogen and oxygen atoms in total. The molecule has 176 valence electrons. The second-order valence-corrected chi connectivity index (χ2v) is 11.9. The minimum atomic E-state index is -1.23. The van der Waals surface area contributed by atoms with Gasteiger partial charge >= 0.3 is 5.97 Å². The lowest BCUT2D eigenvalue weighted by atomic mass is 9.53. The monoisotopic (exact) mass is 434 g/mol. The van der Waals surface area contributed by atoms with E-state index in [-0.39, 0.29) is 23.7 Å².